The molecule has 0 fully saturated rings. The number of rotatable bonds is 2. The van der Waals surface area contributed by atoms with Crippen molar-refractivity contribution in [3.05, 3.63) is 63.4 Å². The van der Waals surface area contributed by atoms with Gasteiger partial charge in [-0.15, -0.1) is 0 Å². The first-order valence-electron chi connectivity index (χ1n) is 6.15. The van der Waals surface area contributed by atoms with Crippen LogP contribution in [0, 0.1) is 0 Å². The van der Waals surface area contributed by atoms with Crippen molar-refractivity contribution in [2.24, 2.45) is 0 Å². The SMILES string of the molecule is O=C(OOC(=O)c1cc(Cl)c(Cl)c(Cl)c1Cl)c1cc(Cl)c(Cl)c(Cl)c1Cl. The molecule has 0 aliphatic rings. The second kappa shape index (κ2) is 8.80. The standard InChI is InChI=1S/C14H2Cl8O4/c15-5-1-3(7(17)11(21)9(5)19)13(23)25-26-14(24)4-2-6(16)10(20)12(22)8(4)18/h1-2H. The Balaban J connectivity index is 2.22. The van der Waals surface area contributed by atoms with Crippen molar-refractivity contribution < 1.29 is 19.4 Å². The van der Waals surface area contributed by atoms with Crippen molar-refractivity contribution in [2.75, 3.05) is 0 Å². The largest absolute Gasteiger partial charge is 0.387 e. The van der Waals surface area contributed by atoms with Crippen molar-refractivity contribution in [3.63, 3.8) is 0 Å². The molecule has 0 aliphatic heterocycles. The lowest BCUT2D eigenvalue weighted by Gasteiger charge is -2.10. The zero-order chi connectivity index (χ0) is 19.8. The number of carbonyl (C=O) groups excluding carboxylic acids is 2. The first-order chi connectivity index (χ1) is 12.1. The van der Waals surface area contributed by atoms with Crippen LogP contribution in [0.25, 0.3) is 0 Å². The van der Waals surface area contributed by atoms with Gasteiger partial charge in [-0.1, -0.05) is 92.8 Å². The highest BCUT2D eigenvalue weighted by atomic mass is 35.5. The lowest BCUT2D eigenvalue weighted by Crippen LogP contribution is -2.13. The van der Waals surface area contributed by atoms with Crippen LogP contribution < -0.4 is 0 Å². The summed E-state index contributed by atoms with van der Waals surface area (Å²) < 4.78 is 0. The van der Waals surface area contributed by atoms with Crippen LogP contribution in [-0.2, 0) is 9.78 Å². The van der Waals surface area contributed by atoms with Crippen LogP contribution in [0.1, 0.15) is 20.7 Å². The lowest BCUT2D eigenvalue weighted by molar-refractivity contribution is -0.187. The fraction of sp³-hybridized carbons (Fsp3) is 0. The van der Waals surface area contributed by atoms with Crippen LogP contribution >= 0.6 is 92.8 Å². The number of hydrogen-bond acceptors (Lipinski definition) is 4. The molecule has 0 saturated heterocycles. The molecule has 0 radical (unpaired) electrons. The van der Waals surface area contributed by atoms with Crippen molar-refractivity contribution in [3.8, 4) is 0 Å². The van der Waals surface area contributed by atoms with Gasteiger partial charge in [0.2, 0.25) is 0 Å². The normalized spacial score (nSPS) is 10.6. The van der Waals surface area contributed by atoms with Crippen LogP contribution in [0.5, 0.6) is 0 Å². The van der Waals surface area contributed by atoms with E-state index in [2.05, 4.69) is 9.78 Å². The van der Waals surface area contributed by atoms with Gasteiger partial charge >= 0.3 is 11.9 Å². The van der Waals surface area contributed by atoms with Gasteiger partial charge in [-0.3, -0.25) is 0 Å². The van der Waals surface area contributed by atoms with Crippen molar-refractivity contribution >= 4 is 105 Å². The van der Waals surface area contributed by atoms with Gasteiger partial charge in [0.05, 0.1) is 51.3 Å². The Morgan fingerprint density at radius 2 is 0.846 bits per heavy atom. The quantitative estimate of drug-likeness (QED) is 0.176. The molecular weight excluding hydrogens is 516 g/mol. The Hall–Kier alpha value is -0.300. The fourth-order valence-electron chi connectivity index (χ4n) is 1.61. The van der Waals surface area contributed by atoms with Crippen molar-refractivity contribution in [1.29, 1.82) is 0 Å². The molecule has 0 N–H and O–H groups in total. The third-order valence-corrected chi connectivity index (χ3v) is 6.34. The van der Waals surface area contributed by atoms with E-state index in [1.54, 1.807) is 0 Å². The number of hydrogen-bond donors (Lipinski definition) is 0. The van der Waals surface area contributed by atoms with Gasteiger partial charge in [0.15, 0.2) is 0 Å². The summed E-state index contributed by atoms with van der Waals surface area (Å²) in [5, 5.41) is -1.03. The zero-order valence-electron chi connectivity index (χ0n) is 11.8. The van der Waals surface area contributed by atoms with E-state index in [1.807, 2.05) is 0 Å². The molecule has 0 heterocycles. The first kappa shape index (κ1) is 22.0. The van der Waals surface area contributed by atoms with E-state index in [9.17, 15) is 9.59 Å². The maximum absolute atomic E-state index is 12.0. The molecule has 138 valence electrons. The average Bonchev–Trinajstić information content (AvgIpc) is 2.61. The van der Waals surface area contributed by atoms with Crippen LogP contribution in [0.15, 0.2) is 12.1 Å². The highest BCUT2D eigenvalue weighted by molar-refractivity contribution is 6.53. The molecule has 26 heavy (non-hydrogen) atoms. The van der Waals surface area contributed by atoms with Crippen LogP contribution in [0.4, 0.5) is 0 Å². The first-order valence-corrected chi connectivity index (χ1v) is 9.17. The molecule has 2 aromatic carbocycles. The summed E-state index contributed by atoms with van der Waals surface area (Å²) in [4.78, 5) is 32.9. The average molecular weight is 518 g/mol. The number of halogens is 8. The summed E-state index contributed by atoms with van der Waals surface area (Å²) in [6.45, 7) is 0. The summed E-state index contributed by atoms with van der Waals surface area (Å²) in [6, 6.07) is 2.19. The maximum atomic E-state index is 12.0. The predicted octanol–water partition coefficient (Wildman–Crippen LogP) is 7.84. The monoisotopic (exact) mass is 514 g/mol. The van der Waals surface area contributed by atoms with Gasteiger partial charge in [0.25, 0.3) is 0 Å². The molecule has 0 aliphatic carbocycles. The highest BCUT2D eigenvalue weighted by Crippen LogP contribution is 2.39. The molecule has 0 saturated carbocycles. The lowest BCUT2D eigenvalue weighted by atomic mass is 10.2. The maximum Gasteiger partial charge on any atom is 0.387 e. The summed E-state index contributed by atoms with van der Waals surface area (Å²) in [5.74, 6) is -2.32. The predicted molar refractivity (Wildman–Crippen MR) is 104 cm³/mol. The van der Waals surface area contributed by atoms with E-state index >= 15 is 0 Å². The molecular formula is C14H2Cl8O4. The molecule has 2 rings (SSSR count). The van der Waals surface area contributed by atoms with Crippen molar-refractivity contribution in [2.45, 2.75) is 0 Å². The van der Waals surface area contributed by atoms with E-state index in [0.717, 1.165) is 12.1 Å². The molecule has 0 amide bonds. The van der Waals surface area contributed by atoms with E-state index < -0.39 is 11.9 Å². The Morgan fingerprint density at radius 1 is 0.538 bits per heavy atom. The second-order valence-electron chi connectivity index (χ2n) is 4.44. The van der Waals surface area contributed by atoms with E-state index in [1.165, 1.54) is 0 Å². The van der Waals surface area contributed by atoms with Crippen LogP contribution in [-0.4, -0.2) is 11.9 Å². The van der Waals surface area contributed by atoms with Crippen LogP contribution in [0.2, 0.25) is 40.2 Å². The Labute approximate surface area is 186 Å². The van der Waals surface area contributed by atoms with E-state index in [-0.39, 0.29) is 51.3 Å². The summed E-state index contributed by atoms with van der Waals surface area (Å²) in [7, 11) is 0. The third kappa shape index (κ3) is 4.40. The Kier molecular flexibility index (Phi) is 7.45. The minimum Gasteiger partial charge on any atom is -0.241 e. The molecule has 0 bridgehead atoms. The van der Waals surface area contributed by atoms with Gasteiger partial charge in [-0.25, -0.2) is 19.4 Å². The molecule has 12 heteroatoms. The molecule has 0 atom stereocenters. The Bertz CT molecular complexity index is 853. The van der Waals surface area contributed by atoms with E-state index in [0.29, 0.717) is 0 Å². The van der Waals surface area contributed by atoms with Crippen LogP contribution in [0.3, 0.4) is 0 Å². The number of benzene rings is 2. The summed E-state index contributed by atoms with van der Waals surface area (Å²) in [5.41, 5.74) is -0.561. The smallest absolute Gasteiger partial charge is 0.241 e. The van der Waals surface area contributed by atoms with E-state index in [4.69, 9.17) is 92.8 Å². The molecule has 0 unspecified atom stereocenters. The van der Waals surface area contributed by atoms with Gasteiger partial charge in [0, 0.05) is 0 Å². The highest BCUT2D eigenvalue weighted by Gasteiger charge is 2.24. The third-order valence-electron chi connectivity index (χ3n) is 2.84. The van der Waals surface area contributed by atoms with Crippen molar-refractivity contribution in [1.82, 2.24) is 0 Å². The number of carbonyl (C=O) groups is 2. The minimum atomic E-state index is -1.16. The zero-order valence-corrected chi connectivity index (χ0v) is 17.9. The molecule has 4 nitrogen and oxygen atoms in total. The molecule has 0 aromatic heterocycles. The molecule has 0 spiro atoms. The van der Waals surface area contributed by atoms with Gasteiger partial charge < -0.3 is 0 Å². The summed E-state index contributed by atoms with van der Waals surface area (Å²) >= 11 is 46.7. The topological polar surface area (TPSA) is 52.6 Å². The summed E-state index contributed by atoms with van der Waals surface area (Å²) in [6.07, 6.45) is 0. The fourth-order valence-corrected chi connectivity index (χ4v) is 3.37. The second-order valence-corrected chi connectivity index (χ2v) is 7.52. The molecule has 2 aromatic rings. The van der Waals surface area contributed by atoms with Gasteiger partial charge in [-0.2, -0.15) is 0 Å². The van der Waals surface area contributed by atoms with Gasteiger partial charge in [-0.05, 0) is 12.1 Å². The minimum absolute atomic E-state index is 0.0518. The Morgan fingerprint density at radius 3 is 1.15 bits per heavy atom. The van der Waals surface area contributed by atoms with Gasteiger partial charge in [0.1, 0.15) is 0 Å².